The average Bonchev–Trinajstić information content (AvgIpc) is 2.44. The van der Waals surface area contributed by atoms with Crippen LogP contribution in [-0.4, -0.2) is 63.1 Å². The summed E-state index contributed by atoms with van der Waals surface area (Å²) in [5.74, 6) is -1.38. The highest BCUT2D eigenvalue weighted by molar-refractivity contribution is 5.83. The van der Waals surface area contributed by atoms with E-state index in [9.17, 15) is 19.2 Å². The summed E-state index contributed by atoms with van der Waals surface area (Å²) in [6, 6.07) is 0. The molecular formula is C18H40O8. The number of hydrogen-bond acceptors (Lipinski definition) is 8. The van der Waals surface area contributed by atoms with E-state index in [1.807, 2.05) is 0 Å². The van der Waals surface area contributed by atoms with Gasteiger partial charge in [-0.3, -0.25) is 9.59 Å². The number of methoxy groups -OCH3 is 2. The Morgan fingerprint density at radius 3 is 1.58 bits per heavy atom. The van der Waals surface area contributed by atoms with Crippen LogP contribution in [0.15, 0.2) is 0 Å². The summed E-state index contributed by atoms with van der Waals surface area (Å²) in [6.07, 6.45) is -1.27. The maximum atomic E-state index is 10.8. The molecule has 0 fully saturated rings. The van der Waals surface area contributed by atoms with E-state index in [-0.39, 0.29) is 54.5 Å². The van der Waals surface area contributed by atoms with Gasteiger partial charge in [-0.2, -0.15) is 0 Å². The minimum Gasteiger partial charge on any atom is -0.456 e. The third-order valence-corrected chi connectivity index (χ3v) is 2.25. The minimum atomic E-state index is -0.669. The van der Waals surface area contributed by atoms with Crippen molar-refractivity contribution in [3.63, 3.8) is 0 Å². The lowest BCUT2D eigenvalue weighted by Crippen LogP contribution is -2.24. The largest absolute Gasteiger partial charge is 0.456 e. The van der Waals surface area contributed by atoms with E-state index in [1.165, 1.54) is 35.0 Å². The fraction of sp³-hybridized carbons (Fsp3) is 0.778. The van der Waals surface area contributed by atoms with Crippen LogP contribution in [0.3, 0.4) is 0 Å². The molecule has 8 heteroatoms. The molecule has 0 saturated heterocycles. The molecule has 0 heterocycles. The van der Waals surface area contributed by atoms with Gasteiger partial charge in [0.1, 0.15) is 13.2 Å². The molecule has 0 aromatic carbocycles. The van der Waals surface area contributed by atoms with Gasteiger partial charge in [0, 0.05) is 14.2 Å². The van der Waals surface area contributed by atoms with Gasteiger partial charge in [0.2, 0.25) is 0 Å². The lowest BCUT2D eigenvalue weighted by Gasteiger charge is -2.08. The van der Waals surface area contributed by atoms with Crippen molar-refractivity contribution in [2.75, 3.05) is 27.4 Å². The number of rotatable bonds is 8. The zero-order valence-corrected chi connectivity index (χ0v) is 13.8. The summed E-state index contributed by atoms with van der Waals surface area (Å²) in [4.78, 5) is 42.3. The molecule has 2 unspecified atom stereocenters. The molecular weight excluding hydrogens is 344 g/mol. The van der Waals surface area contributed by atoms with E-state index >= 15 is 0 Å². The van der Waals surface area contributed by atoms with Gasteiger partial charge in [0.25, 0.3) is 0 Å². The summed E-state index contributed by atoms with van der Waals surface area (Å²) in [5.41, 5.74) is 0. The summed E-state index contributed by atoms with van der Waals surface area (Å²) in [5, 5.41) is 0. The Morgan fingerprint density at radius 1 is 0.808 bits per heavy atom. The van der Waals surface area contributed by atoms with Crippen LogP contribution in [0.5, 0.6) is 0 Å². The SMILES string of the molecule is C.C.C.C.COC(C)C(=O)OCC(C)=O.COCC(=O)OC(C)C(C)=O. The molecule has 0 radical (unpaired) electrons. The lowest BCUT2D eigenvalue weighted by molar-refractivity contribution is -0.157. The molecule has 8 nitrogen and oxygen atoms in total. The first-order chi connectivity index (χ1) is 10.1. The van der Waals surface area contributed by atoms with E-state index in [1.54, 1.807) is 6.92 Å². The fourth-order valence-corrected chi connectivity index (χ4v) is 0.818. The minimum absolute atomic E-state index is 0. The van der Waals surface area contributed by atoms with Crippen LogP contribution in [0.2, 0.25) is 0 Å². The second-order valence-corrected chi connectivity index (χ2v) is 4.36. The first-order valence-corrected chi connectivity index (χ1v) is 6.53. The topological polar surface area (TPSA) is 105 Å². The van der Waals surface area contributed by atoms with Gasteiger partial charge in [-0.15, -0.1) is 0 Å². The molecule has 2 atom stereocenters. The Bertz CT molecular complexity index is 379. The van der Waals surface area contributed by atoms with Crippen molar-refractivity contribution in [2.24, 2.45) is 0 Å². The highest BCUT2D eigenvalue weighted by atomic mass is 16.6. The van der Waals surface area contributed by atoms with Crippen molar-refractivity contribution in [3.8, 4) is 0 Å². The first-order valence-electron chi connectivity index (χ1n) is 6.53. The van der Waals surface area contributed by atoms with Crippen molar-refractivity contribution in [1.82, 2.24) is 0 Å². The number of Topliss-reactive ketones (excluding diaryl/α,β-unsaturated/α-hetero) is 2. The molecule has 0 aromatic rings. The van der Waals surface area contributed by atoms with E-state index in [4.69, 9.17) is 0 Å². The second kappa shape index (κ2) is 23.2. The third-order valence-electron chi connectivity index (χ3n) is 2.25. The lowest BCUT2D eigenvalue weighted by atomic mass is 10.3. The van der Waals surface area contributed by atoms with Crippen molar-refractivity contribution >= 4 is 23.5 Å². The maximum absolute atomic E-state index is 10.8. The van der Waals surface area contributed by atoms with E-state index in [0.717, 1.165) is 0 Å². The van der Waals surface area contributed by atoms with E-state index in [0.29, 0.717) is 0 Å². The Kier molecular flexibility index (Phi) is 35.1. The molecule has 0 aromatic heterocycles. The molecule has 0 spiro atoms. The molecule has 0 amide bonds. The van der Waals surface area contributed by atoms with Crippen molar-refractivity contribution < 1.29 is 38.1 Å². The third kappa shape index (κ3) is 24.5. The van der Waals surface area contributed by atoms with Gasteiger partial charge in [-0.25, -0.2) is 9.59 Å². The molecule has 0 bridgehead atoms. The zero-order chi connectivity index (χ0) is 17.7. The standard InChI is InChI=1S/2C7H12O4.4CH4/c1-5(8)6(2)11-7(9)4-10-3;1-5(8)4-11-7(9)6(2)10-3;;;;/h2*6H,4H2,1-3H3;4*1H4. The highest BCUT2D eigenvalue weighted by Gasteiger charge is 2.13. The Labute approximate surface area is 159 Å². The van der Waals surface area contributed by atoms with Crippen LogP contribution in [0, 0.1) is 0 Å². The Hall–Kier alpha value is -1.80. The van der Waals surface area contributed by atoms with Crippen LogP contribution >= 0.6 is 0 Å². The van der Waals surface area contributed by atoms with Crippen LogP contribution in [0.4, 0.5) is 0 Å². The monoisotopic (exact) mass is 384 g/mol. The summed E-state index contributed by atoms with van der Waals surface area (Å²) >= 11 is 0. The van der Waals surface area contributed by atoms with Crippen molar-refractivity contribution in [2.45, 2.75) is 69.6 Å². The van der Waals surface area contributed by atoms with Crippen LogP contribution in [0.25, 0.3) is 0 Å². The van der Waals surface area contributed by atoms with Crippen molar-refractivity contribution in [1.29, 1.82) is 0 Å². The van der Waals surface area contributed by atoms with Crippen LogP contribution < -0.4 is 0 Å². The molecule has 0 rings (SSSR count). The number of carbonyl (C=O) groups excluding carboxylic acids is 4. The van der Waals surface area contributed by atoms with Gasteiger partial charge in [0.15, 0.2) is 23.8 Å². The molecule has 0 saturated carbocycles. The average molecular weight is 385 g/mol. The van der Waals surface area contributed by atoms with Gasteiger partial charge in [-0.1, -0.05) is 29.7 Å². The van der Waals surface area contributed by atoms with Crippen LogP contribution in [0.1, 0.15) is 57.4 Å². The van der Waals surface area contributed by atoms with Gasteiger partial charge >= 0.3 is 11.9 Å². The predicted molar refractivity (Wildman–Crippen MR) is 103 cm³/mol. The molecule has 0 aliphatic heterocycles. The quantitative estimate of drug-likeness (QED) is 0.588. The first kappa shape index (κ1) is 39.3. The van der Waals surface area contributed by atoms with Crippen molar-refractivity contribution in [3.05, 3.63) is 0 Å². The second-order valence-electron chi connectivity index (χ2n) is 4.36. The smallest absolute Gasteiger partial charge is 0.335 e. The summed E-state index contributed by atoms with van der Waals surface area (Å²) in [7, 11) is 2.79. The van der Waals surface area contributed by atoms with Gasteiger partial charge < -0.3 is 18.9 Å². The number of hydrogen-bond donors (Lipinski definition) is 0. The Balaban J connectivity index is -0.0000000667. The number of ketones is 2. The van der Waals surface area contributed by atoms with E-state index < -0.39 is 24.1 Å². The molecule has 0 aliphatic rings. The summed E-state index contributed by atoms with van der Waals surface area (Å²) in [6.45, 7) is 5.51. The predicted octanol–water partition coefficient (Wildman–Crippen LogP) is 2.85. The maximum Gasteiger partial charge on any atom is 0.335 e. The number of carbonyl (C=O) groups is 4. The molecule has 160 valence electrons. The number of ether oxygens (including phenoxy) is 4. The van der Waals surface area contributed by atoms with Gasteiger partial charge in [-0.05, 0) is 27.7 Å². The Morgan fingerprint density at radius 2 is 1.27 bits per heavy atom. The molecule has 0 N–H and O–H groups in total. The zero-order valence-electron chi connectivity index (χ0n) is 13.8. The fourth-order valence-electron chi connectivity index (χ4n) is 0.818. The van der Waals surface area contributed by atoms with Crippen LogP contribution in [-0.2, 0) is 38.1 Å². The van der Waals surface area contributed by atoms with E-state index in [2.05, 4.69) is 18.9 Å². The molecule has 0 aliphatic carbocycles. The normalized spacial score (nSPS) is 10.4. The summed E-state index contributed by atoms with van der Waals surface area (Å²) < 4.78 is 18.3. The number of esters is 2. The highest BCUT2D eigenvalue weighted by Crippen LogP contribution is 1.93. The van der Waals surface area contributed by atoms with Gasteiger partial charge in [0.05, 0.1) is 0 Å². The molecule has 26 heavy (non-hydrogen) atoms.